The van der Waals surface area contributed by atoms with Crippen LogP contribution >= 0.6 is 11.6 Å². The van der Waals surface area contributed by atoms with Gasteiger partial charge in [0.25, 0.3) is 5.91 Å². The van der Waals surface area contributed by atoms with Crippen molar-refractivity contribution in [3.8, 4) is 0 Å². The predicted molar refractivity (Wildman–Crippen MR) is 95.8 cm³/mol. The van der Waals surface area contributed by atoms with Crippen LogP contribution in [-0.4, -0.2) is 23.8 Å². The zero-order valence-electron chi connectivity index (χ0n) is 13.7. The van der Waals surface area contributed by atoms with Crippen LogP contribution in [0.25, 0.3) is 0 Å². The first kappa shape index (κ1) is 18.5. The molecule has 0 aliphatic rings. The Morgan fingerprint density at radius 1 is 1.12 bits per heavy atom. The molecule has 0 saturated carbocycles. The zero-order valence-corrected chi connectivity index (χ0v) is 14.5. The molecular weight excluding hydrogens is 344 g/mol. The van der Waals surface area contributed by atoms with E-state index < -0.39 is 18.0 Å². The average molecular weight is 361 g/mol. The lowest BCUT2D eigenvalue weighted by Crippen LogP contribution is -2.30. The number of nitrogens with one attached hydrogen (secondary N) is 1. The first-order chi connectivity index (χ1) is 11.8. The molecule has 6 nitrogen and oxygen atoms in total. The summed E-state index contributed by atoms with van der Waals surface area (Å²) in [6, 6.07) is 10.8. The molecule has 2 aromatic rings. The van der Waals surface area contributed by atoms with E-state index in [9.17, 15) is 14.4 Å². The van der Waals surface area contributed by atoms with Gasteiger partial charge in [-0.25, -0.2) is 4.79 Å². The molecule has 25 heavy (non-hydrogen) atoms. The summed E-state index contributed by atoms with van der Waals surface area (Å²) in [4.78, 5) is 35.6. The molecular formula is C18H17ClN2O4. The maximum Gasteiger partial charge on any atom is 0.338 e. The van der Waals surface area contributed by atoms with Crippen LogP contribution in [0.3, 0.4) is 0 Å². The van der Waals surface area contributed by atoms with E-state index in [1.807, 2.05) is 0 Å². The van der Waals surface area contributed by atoms with E-state index in [0.717, 1.165) is 0 Å². The van der Waals surface area contributed by atoms with Crippen molar-refractivity contribution in [1.82, 2.24) is 0 Å². The molecule has 1 atom stereocenters. The fourth-order valence-electron chi connectivity index (χ4n) is 2.01. The van der Waals surface area contributed by atoms with Crippen molar-refractivity contribution in [2.45, 2.75) is 20.0 Å². The van der Waals surface area contributed by atoms with Gasteiger partial charge in [0.1, 0.15) is 0 Å². The van der Waals surface area contributed by atoms with Gasteiger partial charge in [-0.15, -0.1) is 0 Å². The van der Waals surface area contributed by atoms with Crippen LogP contribution in [0.5, 0.6) is 0 Å². The van der Waals surface area contributed by atoms with Crippen LogP contribution in [0, 0.1) is 0 Å². The zero-order chi connectivity index (χ0) is 18.6. The Kier molecular flexibility index (Phi) is 5.77. The van der Waals surface area contributed by atoms with Crippen LogP contribution in [-0.2, 0) is 9.53 Å². The quantitative estimate of drug-likeness (QED) is 0.484. The van der Waals surface area contributed by atoms with E-state index in [1.54, 1.807) is 24.3 Å². The number of carbonyl (C=O) groups is 3. The SMILES string of the molecule is CC(=O)c1cccc(NC(=O)[C@@H](C)OC(=O)c2ccc(Cl)c(N)c2)c1. The number of ketones is 1. The normalized spacial score (nSPS) is 11.5. The topological polar surface area (TPSA) is 98.5 Å². The maximum absolute atomic E-state index is 12.2. The van der Waals surface area contributed by atoms with Crippen molar-refractivity contribution in [2.75, 3.05) is 11.1 Å². The Balaban J connectivity index is 2.02. The number of anilines is 2. The molecule has 0 saturated heterocycles. The van der Waals surface area contributed by atoms with Gasteiger partial charge in [0.2, 0.25) is 0 Å². The Hall–Kier alpha value is -2.86. The van der Waals surface area contributed by atoms with Crippen molar-refractivity contribution < 1.29 is 19.1 Å². The predicted octanol–water partition coefficient (Wildman–Crippen LogP) is 3.31. The molecule has 0 aliphatic carbocycles. The molecule has 130 valence electrons. The standard InChI is InChI=1S/C18H17ClN2O4/c1-10(22)12-4-3-5-14(8-12)21-17(23)11(2)25-18(24)13-6-7-15(19)16(20)9-13/h3-9,11H,20H2,1-2H3,(H,21,23)/t11-/m1/s1. The van der Waals surface area contributed by atoms with Crippen LogP contribution in [0.4, 0.5) is 11.4 Å². The minimum atomic E-state index is -1.04. The third-order valence-electron chi connectivity index (χ3n) is 3.42. The number of hydrogen-bond acceptors (Lipinski definition) is 5. The molecule has 1 amide bonds. The van der Waals surface area contributed by atoms with Crippen LogP contribution in [0.15, 0.2) is 42.5 Å². The number of rotatable bonds is 5. The summed E-state index contributed by atoms with van der Waals surface area (Å²) in [5.41, 5.74) is 6.99. The maximum atomic E-state index is 12.2. The third-order valence-corrected chi connectivity index (χ3v) is 3.77. The summed E-state index contributed by atoms with van der Waals surface area (Å²) in [7, 11) is 0. The van der Waals surface area contributed by atoms with E-state index in [-0.39, 0.29) is 17.0 Å². The number of amides is 1. The molecule has 0 spiro atoms. The van der Waals surface area contributed by atoms with Crippen molar-refractivity contribution in [2.24, 2.45) is 0 Å². The van der Waals surface area contributed by atoms with Crippen LogP contribution < -0.4 is 11.1 Å². The van der Waals surface area contributed by atoms with Crippen LogP contribution in [0.1, 0.15) is 34.6 Å². The average Bonchev–Trinajstić information content (AvgIpc) is 2.57. The van der Waals surface area contributed by atoms with Crippen molar-refractivity contribution in [3.05, 3.63) is 58.6 Å². The van der Waals surface area contributed by atoms with Gasteiger partial charge in [-0.05, 0) is 44.2 Å². The highest BCUT2D eigenvalue weighted by Gasteiger charge is 2.19. The Labute approximate surface area is 149 Å². The molecule has 0 aromatic heterocycles. The smallest absolute Gasteiger partial charge is 0.338 e. The number of benzene rings is 2. The molecule has 2 aromatic carbocycles. The molecule has 3 N–H and O–H groups in total. The number of Topliss-reactive ketones (excluding diaryl/α,β-unsaturated/α-hetero) is 1. The molecule has 0 fully saturated rings. The van der Waals surface area contributed by atoms with E-state index in [2.05, 4.69) is 5.32 Å². The number of hydrogen-bond donors (Lipinski definition) is 2. The van der Waals surface area contributed by atoms with Gasteiger partial charge in [0.05, 0.1) is 16.3 Å². The highest BCUT2D eigenvalue weighted by molar-refractivity contribution is 6.33. The largest absolute Gasteiger partial charge is 0.449 e. The highest BCUT2D eigenvalue weighted by Crippen LogP contribution is 2.20. The van der Waals surface area contributed by atoms with E-state index in [0.29, 0.717) is 16.3 Å². The second-order valence-corrected chi connectivity index (χ2v) is 5.82. The van der Waals surface area contributed by atoms with Gasteiger partial charge in [-0.2, -0.15) is 0 Å². The number of nitrogens with two attached hydrogens (primary N) is 1. The minimum absolute atomic E-state index is 0.115. The number of carbonyl (C=O) groups excluding carboxylic acids is 3. The number of esters is 1. The highest BCUT2D eigenvalue weighted by atomic mass is 35.5. The molecule has 0 bridgehead atoms. The van der Waals surface area contributed by atoms with Crippen molar-refractivity contribution in [3.63, 3.8) is 0 Å². The summed E-state index contributed by atoms with van der Waals surface area (Å²) < 4.78 is 5.13. The monoisotopic (exact) mass is 360 g/mol. The van der Waals surface area contributed by atoms with Gasteiger partial charge in [0, 0.05) is 11.3 Å². The summed E-state index contributed by atoms with van der Waals surface area (Å²) in [5, 5.41) is 2.93. The fraction of sp³-hybridized carbons (Fsp3) is 0.167. The van der Waals surface area contributed by atoms with E-state index >= 15 is 0 Å². The second kappa shape index (κ2) is 7.81. The molecule has 0 heterocycles. The molecule has 0 unspecified atom stereocenters. The number of nitrogen functional groups attached to an aromatic ring is 1. The van der Waals surface area contributed by atoms with Crippen molar-refractivity contribution >= 4 is 40.6 Å². The van der Waals surface area contributed by atoms with E-state index in [4.69, 9.17) is 22.1 Å². The minimum Gasteiger partial charge on any atom is -0.449 e. The van der Waals surface area contributed by atoms with E-state index in [1.165, 1.54) is 32.0 Å². The molecule has 0 radical (unpaired) electrons. The van der Waals surface area contributed by atoms with Crippen LogP contribution in [0.2, 0.25) is 5.02 Å². The first-order valence-corrected chi connectivity index (χ1v) is 7.83. The Bertz CT molecular complexity index is 836. The Morgan fingerprint density at radius 2 is 1.84 bits per heavy atom. The van der Waals surface area contributed by atoms with Crippen molar-refractivity contribution in [1.29, 1.82) is 0 Å². The van der Waals surface area contributed by atoms with Gasteiger partial charge in [-0.1, -0.05) is 23.7 Å². The number of halogens is 1. The lowest BCUT2D eigenvalue weighted by molar-refractivity contribution is -0.123. The summed E-state index contributed by atoms with van der Waals surface area (Å²) in [6.45, 7) is 2.88. The van der Waals surface area contributed by atoms with Gasteiger partial charge in [0.15, 0.2) is 11.9 Å². The molecule has 2 rings (SSSR count). The lowest BCUT2D eigenvalue weighted by atomic mass is 10.1. The van der Waals surface area contributed by atoms with Gasteiger partial charge in [-0.3, -0.25) is 9.59 Å². The fourth-order valence-corrected chi connectivity index (χ4v) is 2.13. The Morgan fingerprint density at radius 3 is 2.48 bits per heavy atom. The molecule has 0 aliphatic heterocycles. The molecule has 7 heteroatoms. The number of ether oxygens (including phenoxy) is 1. The summed E-state index contributed by atoms with van der Waals surface area (Å²) >= 11 is 5.80. The second-order valence-electron chi connectivity index (χ2n) is 5.41. The van der Waals surface area contributed by atoms with Gasteiger partial charge >= 0.3 is 5.97 Å². The summed E-state index contributed by atoms with van der Waals surface area (Å²) in [6.07, 6.45) is -1.04. The van der Waals surface area contributed by atoms with Gasteiger partial charge < -0.3 is 15.8 Å². The third kappa shape index (κ3) is 4.81. The first-order valence-electron chi connectivity index (χ1n) is 7.46. The summed E-state index contributed by atoms with van der Waals surface area (Å²) in [5.74, 6) is -1.32. The lowest BCUT2D eigenvalue weighted by Gasteiger charge is -2.14.